The van der Waals surface area contributed by atoms with Gasteiger partial charge in [-0.3, -0.25) is 0 Å². The van der Waals surface area contributed by atoms with E-state index < -0.39 is 0 Å². The lowest BCUT2D eigenvalue weighted by Gasteiger charge is -2.01. The highest BCUT2D eigenvalue weighted by Crippen LogP contribution is 2.03. The Kier molecular flexibility index (Phi) is 5.16. The maximum absolute atomic E-state index is 3.84. The van der Waals surface area contributed by atoms with Crippen LogP contribution < -0.4 is 4.57 Å². The van der Waals surface area contributed by atoms with Gasteiger partial charge in [-0.25, -0.2) is 9.13 Å². The van der Waals surface area contributed by atoms with Crippen LogP contribution in [0.4, 0.5) is 0 Å². The molecule has 0 fully saturated rings. The van der Waals surface area contributed by atoms with E-state index in [1.54, 1.807) is 0 Å². The molecule has 0 aliphatic heterocycles. The van der Waals surface area contributed by atoms with Crippen molar-refractivity contribution >= 4 is 6.20 Å². The average molecular weight is 207 g/mol. The van der Waals surface area contributed by atoms with Crippen LogP contribution in [0.25, 0.3) is 6.20 Å². The van der Waals surface area contributed by atoms with Gasteiger partial charge in [0.2, 0.25) is 0 Å². The minimum Gasteiger partial charge on any atom is -0.234 e. The van der Waals surface area contributed by atoms with E-state index in [1.165, 1.54) is 31.5 Å². The molecule has 0 aliphatic rings. The van der Waals surface area contributed by atoms with Gasteiger partial charge in [0.15, 0.2) is 0 Å². The number of rotatable bonds is 7. The minimum absolute atomic E-state index is 1.14. The SMILES string of the molecule is C=Cn1cc[n+](CCCC)c1CCCC. The Morgan fingerprint density at radius 2 is 2.07 bits per heavy atom. The van der Waals surface area contributed by atoms with Gasteiger partial charge in [-0.05, 0) is 12.8 Å². The molecule has 1 rings (SSSR count). The summed E-state index contributed by atoms with van der Waals surface area (Å²) in [6.45, 7) is 9.44. The maximum Gasteiger partial charge on any atom is 0.261 e. The number of hydrogen-bond donors (Lipinski definition) is 0. The fraction of sp³-hybridized carbons (Fsp3) is 0.615. The van der Waals surface area contributed by atoms with Crippen LogP contribution in [-0.4, -0.2) is 4.57 Å². The summed E-state index contributed by atoms with van der Waals surface area (Å²) in [7, 11) is 0. The lowest BCUT2D eigenvalue weighted by molar-refractivity contribution is -0.703. The molecule has 2 nitrogen and oxygen atoms in total. The molecule has 0 unspecified atom stereocenters. The third-order valence-corrected chi connectivity index (χ3v) is 2.74. The zero-order valence-corrected chi connectivity index (χ0v) is 10.1. The first-order valence-electron chi connectivity index (χ1n) is 6.05. The smallest absolute Gasteiger partial charge is 0.234 e. The minimum atomic E-state index is 1.14. The summed E-state index contributed by atoms with van der Waals surface area (Å²) in [4.78, 5) is 0. The molecule has 0 aromatic carbocycles. The van der Waals surface area contributed by atoms with Gasteiger partial charge < -0.3 is 0 Å². The molecule has 1 aromatic heterocycles. The molecule has 0 saturated heterocycles. The van der Waals surface area contributed by atoms with E-state index in [9.17, 15) is 0 Å². The summed E-state index contributed by atoms with van der Waals surface area (Å²) in [5.74, 6) is 1.39. The second kappa shape index (κ2) is 6.44. The molecular weight excluding hydrogens is 184 g/mol. The van der Waals surface area contributed by atoms with Crippen molar-refractivity contribution in [3.05, 3.63) is 24.8 Å². The number of hydrogen-bond acceptors (Lipinski definition) is 0. The van der Waals surface area contributed by atoms with E-state index in [1.807, 2.05) is 6.20 Å². The third-order valence-electron chi connectivity index (χ3n) is 2.74. The van der Waals surface area contributed by atoms with E-state index in [2.05, 4.69) is 42.0 Å². The second-order valence-electron chi connectivity index (χ2n) is 3.95. The van der Waals surface area contributed by atoms with Gasteiger partial charge in [0.25, 0.3) is 5.82 Å². The Labute approximate surface area is 93.2 Å². The average Bonchev–Trinajstić information content (AvgIpc) is 2.65. The molecule has 0 bridgehead atoms. The predicted octanol–water partition coefficient (Wildman–Crippen LogP) is 3.02. The van der Waals surface area contributed by atoms with E-state index in [4.69, 9.17) is 0 Å². The van der Waals surface area contributed by atoms with Crippen LogP contribution in [0, 0.1) is 0 Å². The largest absolute Gasteiger partial charge is 0.261 e. The monoisotopic (exact) mass is 207 g/mol. The molecule has 1 heterocycles. The first-order valence-corrected chi connectivity index (χ1v) is 6.05. The van der Waals surface area contributed by atoms with Gasteiger partial charge >= 0.3 is 0 Å². The maximum atomic E-state index is 3.84. The number of unbranched alkanes of at least 4 members (excludes halogenated alkanes) is 2. The summed E-state index contributed by atoms with van der Waals surface area (Å²) < 4.78 is 4.51. The molecular formula is C13H23N2+. The van der Waals surface area contributed by atoms with Gasteiger partial charge in [0.05, 0.1) is 12.7 Å². The van der Waals surface area contributed by atoms with Crippen molar-refractivity contribution in [2.45, 2.75) is 52.5 Å². The molecule has 0 aliphatic carbocycles. The molecule has 0 spiro atoms. The topological polar surface area (TPSA) is 8.81 Å². The molecule has 15 heavy (non-hydrogen) atoms. The molecule has 0 atom stereocenters. The van der Waals surface area contributed by atoms with Crippen LogP contribution in [0.15, 0.2) is 19.0 Å². The van der Waals surface area contributed by atoms with E-state index >= 15 is 0 Å². The van der Waals surface area contributed by atoms with Gasteiger partial charge in [-0.2, -0.15) is 0 Å². The van der Waals surface area contributed by atoms with Crippen LogP contribution in [0.2, 0.25) is 0 Å². The van der Waals surface area contributed by atoms with Crippen molar-refractivity contribution in [2.24, 2.45) is 0 Å². The first kappa shape index (κ1) is 12.0. The molecule has 0 N–H and O–H groups in total. The lowest BCUT2D eigenvalue weighted by Crippen LogP contribution is -2.36. The molecule has 2 heteroatoms. The summed E-state index contributed by atoms with van der Waals surface area (Å²) >= 11 is 0. The quantitative estimate of drug-likeness (QED) is 0.608. The van der Waals surface area contributed by atoms with Crippen LogP contribution >= 0.6 is 0 Å². The lowest BCUT2D eigenvalue weighted by atomic mass is 10.2. The van der Waals surface area contributed by atoms with E-state index in [0.29, 0.717) is 0 Å². The predicted molar refractivity (Wildman–Crippen MR) is 64.5 cm³/mol. The second-order valence-corrected chi connectivity index (χ2v) is 3.95. The van der Waals surface area contributed by atoms with Crippen LogP contribution in [0.5, 0.6) is 0 Å². The standard InChI is InChI=1S/C13H23N2/c1-4-7-9-13-14(6-3)11-12-15(13)10-8-5-2/h6,11-12H,3-5,7-10H2,1-2H3/q+1. The fourth-order valence-electron chi connectivity index (χ4n) is 1.78. The third kappa shape index (κ3) is 3.22. The number of aromatic nitrogens is 2. The van der Waals surface area contributed by atoms with E-state index in [-0.39, 0.29) is 0 Å². The van der Waals surface area contributed by atoms with Gasteiger partial charge in [-0.15, -0.1) is 0 Å². The Morgan fingerprint density at radius 1 is 1.33 bits per heavy atom. The van der Waals surface area contributed by atoms with Gasteiger partial charge in [-0.1, -0.05) is 33.3 Å². The van der Waals surface area contributed by atoms with Crippen molar-refractivity contribution in [2.75, 3.05) is 0 Å². The highest BCUT2D eigenvalue weighted by molar-refractivity contribution is 5.17. The van der Waals surface area contributed by atoms with Crippen molar-refractivity contribution in [3.63, 3.8) is 0 Å². The molecule has 0 amide bonds. The molecule has 0 radical (unpaired) electrons. The normalized spacial score (nSPS) is 10.5. The summed E-state index contributed by atoms with van der Waals surface area (Å²) in [6, 6.07) is 0. The molecule has 1 aromatic rings. The molecule has 0 saturated carbocycles. The first-order chi connectivity index (χ1) is 7.33. The highest BCUT2D eigenvalue weighted by atomic mass is 15.1. The Balaban J connectivity index is 2.75. The van der Waals surface area contributed by atoms with Crippen molar-refractivity contribution in [1.29, 1.82) is 0 Å². The fourth-order valence-corrected chi connectivity index (χ4v) is 1.78. The number of imidazole rings is 1. The van der Waals surface area contributed by atoms with Gasteiger partial charge in [0, 0.05) is 6.42 Å². The summed E-state index contributed by atoms with van der Waals surface area (Å²) in [6.07, 6.45) is 12.3. The van der Waals surface area contributed by atoms with E-state index in [0.717, 1.165) is 13.0 Å². The van der Waals surface area contributed by atoms with Crippen LogP contribution in [0.3, 0.4) is 0 Å². The Bertz CT molecular complexity index is 299. The number of nitrogens with zero attached hydrogens (tertiary/aromatic N) is 2. The zero-order chi connectivity index (χ0) is 11.1. The van der Waals surface area contributed by atoms with Crippen LogP contribution in [0.1, 0.15) is 45.4 Å². The zero-order valence-electron chi connectivity index (χ0n) is 10.1. The highest BCUT2D eigenvalue weighted by Gasteiger charge is 2.13. The summed E-state index contributed by atoms with van der Waals surface area (Å²) in [5, 5.41) is 0. The summed E-state index contributed by atoms with van der Waals surface area (Å²) in [5.41, 5.74) is 0. The molecule has 84 valence electrons. The Morgan fingerprint density at radius 3 is 2.67 bits per heavy atom. The van der Waals surface area contributed by atoms with Crippen molar-refractivity contribution in [1.82, 2.24) is 4.57 Å². The van der Waals surface area contributed by atoms with Crippen molar-refractivity contribution in [3.8, 4) is 0 Å². The van der Waals surface area contributed by atoms with Gasteiger partial charge in [0.1, 0.15) is 12.4 Å². The van der Waals surface area contributed by atoms with Crippen molar-refractivity contribution < 1.29 is 4.57 Å². The Hall–Kier alpha value is -1.05. The van der Waals surface area contributed by atoms with Crippen LogP contribution in [-0.2, 0) is 13.0 Å². The number of aryl methyl sites for hydroxylation is 1.